The van der Waals surface area contributed by atoms with Crippen molar-refractivity contribution in [3.63, 3.8) is 0 Å². The topological polar surface area (TPSA) is 132 Å². The van der Waals surface area contributed by atoms with Crippen LogP contribution in [0, 0.1) is 59.2 Å². The fraction of sp³-hybridized carbons (Fsp3) is 0.879. The Labute approximate surface area is 533 Å². The monoisotopic (exact) mass is 1430 g/mol. The van der Waals surface area contributed by atoms with Gasteiger partial charge in [-0.2, -0.15) is 21.6 Å². The summed E-state index contributed by atoms with van der Waals surface area (Å²) in [6.45, 7) is 38.1. The molecule has 2 saturated carbocycles. The molecule has 86 heavy (non-hydrogen) atoms. The third-order valence-corrected chi connectivity index (χ3v) is 31.4. The summed E-state index contributed by atoms with van der Waals surface area (Å²) in [5, 5.41) is 0. The third-order valence-electron chi connectivity index (χ3n) is 21.6. The molecule has 0 aromatic heterocycles. The number of hydrogen-bond donors (Lipinski definition) is 0. The molecule has 8 saturated heterocycles. The predicted octanol–water partition coefficient (Wildman–Crippen LogP) is 10.8. The van der Waals surface area contributed by atoms with Gasteiger partial charge in [0.05, 0.1) is 39.7 Å². The first-order chi connectivity index (χ1) is 39.3. The predicted molar refractivity (Wildman–Crippen MR) is 360 cm³/mol. The molecule has 8 heterocycles. The summed E-state index contributed by atoms with van der Waals surface area (Å²) in [7, 11) is 7.20. The summed E-state index contributed by atoms with van der Waals surface area (Å²) in [5.74, 6) is 7.44. The third kappa shape index (κ3) is 17.5. The molecule has 13 rings (SSSR count). The van der Waals surface area contributed by atoms with Crippen LogP contribution in [-0.4, -0.2) is 188 Å². The normalized spacial score (nSPS) is 36.3. The molecule has 488 valence electrons. The summed E-state index contributed by atoms with van der Waals surface area (Å²) < 4.78 is 112. The molecular weight excluding hydrogens is 1320 g/mol. The number of halogens is 3. The first-order valence-corrected chi connectivity index (χ1v) is 45.5. The van der Waals surface area contributed by atoms with E-state index in [1.807, 2.05) is 63.6 Å². The Morgan fingerprint density at radius 3 is 1.21 bits per heavy atom. The van der Waals surface area contributed by atoms with Gasteiger partial charge < -0.3 is 27.9 Å². The maximum absolute atomic E-state index is 12.1. The molecule has 13 aliphatic rings. The second-order valence-electron chi connectivity index (χ2n) is 31.3. The van der Waals surface area contributed by atoms with E-state index in [0.717, 1.165) is 81.6 Å². The molecule has 15 nitrogen and oxygen atoms in total. The number of nitrogens with zero attached hydrogens (tertiary/aromatic N) is 5. The molecule has 8 aliphatic heterocycles. The summed E-state index contributed by atoms with van der Waals surface area (Å²) in [5.41, 5.74) is -4.23. The average molecular weight is 1430 g/mol. The number of hydrogen-bond acceptors (Lipinski definition) is 15. The van der Waals surface area contributed by atoms with Crippen LogP contribution < -0.4 is 0 Å². The van der Waals surface area contributed by atoms with E-state index >= 15 is 0 Å². The van der Waals surface area contributed by atoms with Gasteiger partial charge in [-0.1, -0.05) is 55.3 Å². The van der Waals surface area contributed by atoms with Gasteiger partial charge >= 0.3 is 125 Å². The zero-order valence-electron chi connectivity index (χ0n) is 54.6. The first kappa shape index (κ1) is 73.1. The van der Waals surface area contributed by atoms with Crippen LogP contribution in [0.2, 0.25) is 14.8 Å². The van der Waals surface area contributed by atoms with Crippen LogP contribution in [0.25, 0.3) is 0 Å². The van der Waals surface area contributed by atoms with Gasteiger partial charge in [-0.3, -0.25) is 27.7 Å². The Hall–Kier alpha value is 1.29. The van der Waals surface area contributed by atoms with E-state index in [0.29, 0.717) is 36.4 Å². The van der Waals surface area contributed by atoms with Crippen molar-refractivity contribution in [2.75, 3.05) is 65.4 Å². The van der Waals surface area contributed by atoms with Crippen molar-refractivity contribution >= 4 is 102 Å². The van der Waals surface area contributed by atoms with E-state index in [-0.39, 0.29) is 52.6 Å². The number of carbonyl (C=O) groups excluding carboxylic acids is 1. The SMILES string of the molecule is CC1(C)OB(B2OC(C)(C)C(C)(C)O2)OC1(C)C.CC1(C)OB(C2=CC3CN(P)CC3C2)OC1(C)C.CC1=CC2CN(P)CC2C1.O=C1CC2CN(P)CC2C1.O=S(=O)(OC1CC2CN(P)CC2C1)C(F)(F)F.[CH3][Sn]([CH3])([CH3])[C]1=CC2CN(P)CC2C1. The van der Waals surface area contributed by atoms with E-state index in [1.54, 1.807) is 5.57 Å². The van der Waals surface area contributed by atoms with Crippen LogP contribution in [0.5, 0.6) is 0 Å². The summed E-state index contributed by atoms with van der Waals surface area (Å²) >= 11 is -1.68. The zero-order chi connectivity index (χ0) is 63.9. The van der Waals surface area contributed by atoms with Gasteiger partial charge in [0.1, 0.15) is 5.78 Å². The van der Waals surface area contributed by atoms with Gasteiger partial charge in [0.15, 0.2) is 0 Å². The van der Waals surface area contributed by atoms with Crippen LogP contribution in [0.4, 0.5) is 13.2 Å². The molecule has 0 spiro atoms. The molecule has 0 radical (unpaired) electrons. The van der Waals surface area contributed by atoms with E-state index < -0.39 is 54.1 Å². The Morgan fingerprint density at radius 2 is 0.837 bits per heavy atom. The van der Waals surface area contributed by atoms with E-state index in [4.69, 9.17) is 27.9 Å². The minimum absolute atomic E-state index is 0.126. The van der Waals surface area contributed by atoms with Gasteiger partial charge in [-0.25, -0.2) is 0 Å². The number of allylic oxidation sites excluding steroid dienone is 3. The molecule has 5 aliphatic carbocycles. The number of carbonyl (C=O) groups is 1. The quantitative estimate of drug-likeness (QED) is 0.0850. The molecule has 15 atom stereocenters. The van der Waals surface area contributed by atoms with Crippen molar-refractivity contribution in [3.05, 3.63) is 32.9 Å². The summed E-state index contributed by atoms with van der Waals surface area (Å²) in [4.78, 5) is 18.6. The van der Waals surface area contributed by atoms with Gasteiger partial charge in [0, 0.05) is 65.2 Å². The minimum atomic E-state index is -5.44. The van der Waals surface area contributed by atoms with E-state index in [2.05, 4.69) is 137 Å². The van der Waals surface area contributed by atoms with Gasteiger partial charge in [0.25, 0.3) is 0 Å². The van der Waals surface area contributed by atoms with Gasteiger partial charge in [0.2, 0.25) is 0 Å². The van der Waals surface area contributed by atoms with Crippen LogP contribution >= 0.6 is 47.0 Å². The first-order valence-electron chi connectivity index (χ1n) is 31.5. The molecule has 10 fully saturated rings. The molecular formula is C58H106B3F3N5O10P5SSn. The molecule has 15 unspecified atom stereocenters. The van der Waals surface area contributed by atoms with Crippen molar-refractivity contribution in [2.24, 2.45) is 59.2 Å². The number of alkyl halides is 3. The van der Waals surface area contributed by atoms with Crippen LogP contribution in [0.15, 0.2) is 32.9 Å². The summed E-state index contributed by atoms with van der Waals surface area (Å²) in [6, 6.07) is 0. The Kier molecular flexibility index (Phi) is 23.3. The number of fused-ring (bicyclic) bond motifs is 5. The zero-order valence-corrected chi connectivity index (χ0v) is 64.0. The van der Waals surface area contributed by atoms with Crippen molar-refractivity contribution in [1.29, 1.82) is 0 Å². The maximum atomic E-state index is 12.1. The fourth-order valence-corrected chi connectivity index (χ4v) is 22.3. The van der Waals surface area contributed by atoms with E-state index in [1.165, 1.54) is 51.0 Å². The van der Waals surface area contributed by atoms with Crippen LogP contribution in [0.3, 0.4) is 0 Å². The Bertz CT molecular complexity index is 2530. The Morgan fingerprint density at radius 1 is 0.500 bits per heavy atom. The second kappa shape index (κ2) is 27.4. The van der Waals surface area contributed by atoms with Crippen molar-refractivity contribution in [2.45, 2.75) is 195 Å². The molecule has 0 amide bonds. The van der Waals surface area contributed by atoms with Crippen molar-refractivity contribution in [3.8, 4) is 0 Å². The standard InChI is InChI=1S/C13H23BNO2P.C12H24B2O4.C8H13F3NO3PS.C8H14NP.C7H12NOP.C7H11NP.3CH3.Sn/c1-12(2)13(3,4)17-14(16-12)11-5-9-7-15(18)8-10(9)6-11;1-9(2)10(3,4)16-13(15-9)14-17-11(5,6)12(7,8)18-14;9-8(10,11)17(13,14)15-7-1-5-3-12(16)4-6(5)2-7;1-6-2-7-4-9(10)5-8(7)3-6;9-7-1-5-3-8(10)4-6(5)2-7;9-8-4-6-2-1-3-7(6)5-8;;;;/h5,9-10H,6-8,18H2,1-4H3;1-8H3;5-7H,1-4,16H2;2,7-8H,3-5,10H2,1H3;5-6H,1-4,10H2;2,6-7H,3-5,9H2;3*1H3;. The van der Waals surface area contributed by atoms with Gasteiger partial charge in [-0.05, 0) is 169 Å². The average Bonchev–Trinajstić information content (AvgIpc) is 2.11. The molecule has 0 aromatic rings. The van der Waals surface area contributed by atoms with Crippen molar-refractivity contribution in [1.82, 2.24) is 23.4 Å². The second-order valence-corrected chi connectivity index (χ2v) is 51.2. The molecule has 0 N–H and O–H groups in total. The summed E-state index contributed by atoms with van der Waals surface area (Å²) in [6.07, 6.45) is 13.0. The molecule has 0 aromatic carbocycles. The van der Waals surface area contributed by atoms with Crippen LogP contribution in [0.1, 0.15) is 135 Å². The number of rotatable bonds is 5. The van der Waals surface area contributed by atoms with Gasteiger partial charge in [-0.15, -0.1) is 0 Å². The van der Waals surface area contributed by atoms with Crippen LogP contribution in [-0.2, 0) is 47.0 Å². The number of ketones is 1. The fourth-order valence-electron chi connectivity index (χ4n) is 14.5. The molecule has 0 bridgehead atoms. The van der Waals surface area contributed by atoms with E-state index in [9.17, 15) is 26.4 Å². The van der Waals surface area contributed by atoms with Crippen molar-refractivity contribution < 1.29 is 58.5 Å². The Balaban J connectivity index is 0.000000136. The number of Topliss-reactive ketones (excluding diaryl/α,β-unsaturated/α-hetero) is 1. The molecule has 28 heteroatoms.